The molecule has 0 amide bonds. The number of esters is 1. The van der Waals surface area contributed by atoms with Crippen LogP contribution in [0.3, 0.4) is 0 Å². The van der Waals surface area contributed by atoms with Crippen molar-refractivity contribution in [2.45, 2.75) is 32.7 Å². The molecule has 4 nitrogen and oxygen atoms in total. The van der Waals surface area contributed by atoms with Crippen molar-refractivity contribution in [1.29, 1.82) is 0 Å². The number of para-hydroxylation sites is 1. The van der Waals surface area contributed by atoms with Crippen molar-refractivity contribution < 1.29 is 9.53 Å². The highest BCUT2D eigenvalue weighted by Gasteiger charge is 2.12. The van der Waals surface area contributed by atoms with Crippen molar-refractivity contribution in [3.63, 3.8) is 0 Å². The molecule has 0 aliphatic carbocycles. The Morgan fingerprint density at radius 2 is 1.96 bits per heavy atom. The van der Waals surface area contributed by atoms with Gasteiger partial charge in [-0.1, -0.05) is 41.5 Å². The Hall–Kier alpha value is -1.72. The number of thioether (sulfide) groups is 1. The van der Waals surface area contributed by atoms with Gasteiger partial charge in [-0.05, 0) is 38.8 Å². The minimum Gasteiger partial charge on any atom is -0.468 e. The van der Waals surface area contributed by atoms with Gasteiger partial charge in [-0.15, -0.1) is 0 Å². The van der Waals surface area contributed by atoms with E-state index in [1.165, 1.54) is 18.3 Å². The van der Waals surface area contributed by atoms with Gasteiger partial charge in [0.05, 0.1) is 7.11 Å². The van der Waals surface area contributed by atoms with Gasteiger partial charge in [0.15, 0.2) is 0 Å². The third-order valence-electron chi connectivity index (χ3n) is 3.73. The monoisotopic (exact) mass is 362 g/mol. The van der Waals surface area contributed by atoms with Crippen LogP contribution in [0.2, 0.25) is 0 Å². The summed E-state index contributed by atoms with van der Waals surface area (Å²) < 4.78 is 4.61. The highest BCUT2D eigenvalue weighted by atomic mass is 32.2. The average Bonchev–Trinajstić information content (AvgIpc) is 2.63. The van der Waals surface area contributed by atoms with Crippen molar-refractivity contribution in [3.05, 3.63) is 53.6 Å². The van der Waals surface area contributed by atoms with Crippen LogP contribution in [0.1, 0.15) is 26.7 Å². The first-order valence-electron chi connectivity index (χ1n) is 8.54. The van der Waals surface area contributed by atoms with E-state index in [0.717, 1.165) is 30.8 Å². The van der Waals surface area contributed by atoms with Crippen LogP contribution in [0.4, 0.5) is 5.69 Å². The minimum absolute atomic E-state index is 0.349. The Bertz CT molecular complexity index is 570. The molecule has 5 heteroatoms. The van der Waals surface area contributed by atoms with Crippen LogP contribution in [0.15, 0.2) is 53.6 Å². The van der Waals surface area contributed by atoms with Gasteiger partial charge >= 0.3 is 5.97 Å². The molecule has 3 N–H and O–H groups in total. The highest BCUT2D eigenvalue weighted by Crippen LogP contribution is 2.11. The molecule has 0 radical (unpaired) electrons. The average molecular weight is 363 g/mol. The van der Waals surface area contributed by atoms with Crippen LogP contribution < -0.4 is 11.1 Å². The molecular weight excluding hydrogens is 332 g/mol. The molecule has 0 fully saturated rings. The first-order chi connectivity index (χ1) is 12.0. The van der Waals surface area contributed by atoms with E-state index >= 15 is 0 Å². The number of carbonyl (C=O) groups excluding carboxylic acids is 1. The topological polar surface area (TPSA) is 64.3 Å². The summed E-state index contributed by atoms with van der Waals surface area (Å²) in [5.41, 5.74) is 9.55. The molecule has 0 spiro atoms. The van der Waals surface area contributed by atoms with E-state index < -0.39 is 6.04 Å². The lowest BCUT2D eigenvalue weighted by Crippen LogP contribution is -2.33. The number of methoxy groups -OCH3 is 1. The van der Waals surface area contributed by atoms with Gasteiger partial charge in [-0.25, -0.2) is 0 Å². The number of benzene rings is 1. The first-order valence-corrected chi connectivity index (χ1v) is 9.69. The molecule has 1 aromatic rings. The standard InChI is InChI=1S/C20H30N2O2S/c1-16(12-13-25-15-19(21)20(23)24-3)8-7-9-17(2)14-22-18-10-5-4-6-11-18/h4-6,9-12,19,22H,7-8,13-15,21H2,1-3H3/b16-12+,17-9+. The summed E-state index contributed by atoms with van der Waals surface area (Å²) in [6, 6.07) is 9.70. The molecule has 0 saturated heterocycles. The van der Waals surface area contributed by atoms with Gasteiger partial charge in [-0.3, -0.25) is 4.79 Å². The van der Waals surface area contributed by atoms with Crippen molar-refractivity contribution in [3.8, 4) is 0 Å². The maximum atomic E-state index is 11.2. The molecule has 0 aliphatic heterocycles. The smallest absolute Gasteiger partial charge is 0.323 e. The summed E-state index contributed by atoms with van der Waals surface area (Å²) in [5.74, 6) is 1.10. The lowest BCUT2D eigenvalue weighted by molar-refractivity contribution is -0.141. The number of ether oxygens (including phenoxy) is 1. The summed E-state index contributed by atoms with van der Waals surface area (Å²) >= 11 is 1.65. The van der Waals surface area contributed by atoms with Gasteiger partial charge < -0.3 is 15.8 Å². The molecule has 0 aromatic heterocycles. The third kappa shape index (κ3) is 9.99. The molecular formula is C20H30N2O2S. The van der Waals surface area contributed by atoms with Crippen LogP contribution in [-0.4, -0.2) is 37.2 Å². The Morgan fingerprint density at radius 3 is 2.64 bits per heavy atom. The molecule has 0 saturated carbocycles. The van der Waals surface area contributed by atoms with Crippen molar-refractivity contribution >= 4 is 23.4 Å². The molecule has 1 aromatic carbocycles. The van der Waals surface area contributed by atoms with Crippen LogP contribution >= 0.6 is 11.8 Å². The zero-order valence-electron chi connectivity index (χ0n) is 15.5. The lowest BCUT2D eigenvalue weighted by atomic mass is 10.1. The second-order valence-corrected chi connectivity index (χ2v) is 7.10. The van der Waals surface area contributed by atoms with E-state index in [-0.39, 0.29) is 5.97 Å². The van der Waals surface area contributed by atoms with Crippen LogP contribution in [0.25, 0.3) is 0 Å². The summed E-state index contributed by atoms with van der Waals surface area (Å²) in [5, 5.41) is 3.41. The number of rotatable bonds is 11. The van der Waals surface area contributed by atoms with E-state index in [4.69, 9.17) is 5.73 Å². The fraction of sp³-hybridized carbons (Fsp3) is 0.450. The lowest BCUT2D eigenvalue weighted by Gasteiger charge is -2.08. The second kappa shape index (κ2) is 12.6. The van der Waals surface area contributed by atoms with Gasteiger partial charge in [0.25, 0.3) is 0 Å². The Balaban J connectivity index is 2.19. The molecule has 25 heavy (non-hydrogen) atoms. The molecule has 0 heterocycles. The number of anilines is 1. The number of carbonyl (C=O) groups is 1. The Labute approximate surface area is 155 Å². The zero-order chi connectivity index (χ0) is 18.5. The molecule has 0 aliphatic rings. The predicted molar refractivity (Wildman–Crippen MR) is 109 cm³/mol. The van der Waals surface area contributed by atoms with Crippen molar-refractivity contribution in [2.75, 3.05) is 30.5 Å². The second-order valence-electron chi connectivity index (χ2n) is 6.03. The van der Waals surface area contributed by atoms with Gasteiger partial charge in [0.1, 0.15) is 6.04 Å². The molecule has 138 valence electrons. The van der Waals surface area contributed by atoms with E-state index in [9.17, 15) is 4.79 Å². The van der Waals surface area contributed by atoms with Crippen LogP contribution in [-0.2, 0) is 9.53 Å². The molecule has 1 atom stereocenters. The van der Waals surface area contributed by atoms with Gasteiger partial charge in [-0.2, -0.15) is 11.8 Å². The van der Waals surface area contributed by atoms with Gasteiger partial charge in [0, 0.05) is 23.7 Å². The van der Waals surface area contributed by atoms with E-state index in [1.54, 1.807) is 11.8 Å². The summed E-state index contributed by atoms with van der Waals surface area (Å²) in [7, 11) is 1.36. The highest BCUT2D eigenvalue weighted by molar-refractivity contribution is 7.99. The number of nitrogens with two attached hydrogens (primary N) is 1. The fourth-order valence-electron chi connectivity index (χ4n) is 2.13. The summed E-state index contributed by atoms with van der Waals surface area (Å²) in [6.07, 6.45) is 6.58. The maximum Gasteiger partial charge on any atom is 0.323 e. The van der Waals surface area contributed by atoms with Crippen LogP contribution in [0.5, 0.6) is 0 Å². The SMILES string of the molecule is COC(=O)C(N)CSC/C=C(\C)CC/C=C(\C)CNc1ccccc1. The predicted octanol–water partition coefficient (Wildman–Crippen LogP) is 4.00. The zero-order valence-corrected chi connectivity index (χ0v) is 16.3. The molecule has 0 bridgehead atoms. The molecule has 1 rings (SSSR count). The normalized spacial score (nSPS) is 13.4. The maximum absolute atomic E-state index is 11.2. The fourth-order valence-corrected chi connectivity index (χ4v) is 3.06. The third-order valence-corrected chi connectivity index (χ3v) is 4.72. The quantitative estimate of drug-likeness (QED) is 0.354. The number of nitrogens with one attached hydrogen (secondary N) is 1. The number of hydrogen-bond donors (Lipinski definition) is 2. The number of allylic oxidation sites excluding steroid dienone is 2. The van der Waals surface area contributed by atoms with E-state index in [0.29, 0.717) is 5.75 Å². The summed E-state index contributed by atoms with van der Waals surface area (Å²) in [6.45, 7) is 5.17. The first kappa shape index (κ1) is 21.3. The van der Waals surface area contributed by atoms with Gasteiger partial charge in [0.2, 0.25) is 0 Å². The Morgan fingerprint density at radius 1 is 1.24 bits per heavy atom. The number of hydrogen-bond acceptors (Lipinski definition) is 5. The summed E-state index contributed by atoms with van der Waals surface area (Å²) in [4.78, 5) is 11.2. The Kier molecular flexibility index (Phi) is 10.8. The molecule has 1 unspecified atom stereocenters. The van der Waals surface area contributed by atoms with E-state index in [2.05, 4.69) is 48.2 Å². The largest absolute Gasteiger partial charge is 0.468 e. The van der Waals surface area contributed by atoms with Crippen molar-refractivity contribution in [1.82, 2.24) is 0 Å². The minimum atomic E-state index is -0.536. The van der Waals surface area contributed by atoms with Crippen LogP contribution in [0, 0.1) is 0 Å². The van der Waals surface area contributed by atoms with E-state index in [1.807, 2.05) is 18.2 Å². The van der Waals surface area contributed by atoms with Crippen molar-refractivity contribution in [2.24, 2.45) is 5.73 Å².